The van der Waals surface area contributed by atoms with Gasteiger partial charge in [0, 0.05) is 12.2 Å². The minimum Gasteiger partial charge on any atom is -0.457 e. The van der Waals surface area contributed by atoms with Crippen LogP contribution in [0.2, 0.25) is 0 Å². The Morgan fingerprint density at radius 3 is 1.21 bits per heavy atom. The molecule has 1 rings (SSSR count). The van der Waals surface area contributed by atoms with Gasteiger partial charge in [-0.25, -0.2) is 4.79 Å². The Hall–Kier alpha value is -1.96. The third-order valence-electron chi connectivity index (χ3n) is 5.93. The molecule has 248 valence electrons. The maximum absolute atomic E-state index is 11.9. The Balaban J connectivity index is 1.68. The predicted octanol–water partition coefficient (Wildman–Crippen LogP) is 3.91. The average molecular weight is 615 g/mol. The second-order valence-electron chi connectivity index (χ2n) is 9.50. The molecule has 0 unspecified atom stereocenters. The van der Waals surface area contributed by atoms with E-state index in [0.717, 1.165) is 13.0 Å². The minimum absolute atomic E-state index is 0.00473. The highest BCUT2D eigenvalue weighted by molar-refractivity contribution is 6.40. The zero-order valence-corrected chi connectivity index (χ0v) is 26.1. The first-order valence-corrected chi connectivity index (χ1v) is 15.6. The van der Waals surface area contributed by atoms with Crippen molar-refractivity contribution >= 4 is 11.8 Å². The summed E-state index contributed by atoms with van der Waals surface area (Å²) in [6.07, 6.45) is 7.64. The normalized spacial score (nSPS) is 11.2. The van der Waals surface area contributed by atoms with Gasteiger partial charge in [-0.15, -0.1) is 0 Å². The first kappa shape index (κ1) is 39.1. The van der Waals surface area contributed by atoms with Crippen molar-refractivity contribution in [2.75, 3.05) is 112 Å². The number of carbonyl (C=O) groups is 2. The van der Waals surface area contributed by atoms with E-state index in [-0.39, 0.29) is 13.2 Å². The quantitative estimate of drug-likeness (QED) is 0.0497. The van der Waals surface area contributed by atoms with E-state index in [1.54, 1.807) is 30.3 Å². The maximum Gasteiger partial charge on any atom is 0.379 e. The molecule has 0 N–H and O–H groups in total. The lowest BCUT2D eigenvalue weighted by molar-refractivity contribution is -0.139. The summed E-state index contributed by atoms with van der Waals surface area (Å²) in [5.74, 6) is -1.56. The van der Waals surface area contributed by atoms with Crippen molar-refractivity contribution in [2.24, 2.45) is 0 Å². The lowest BCUT2D eigenvalue weighted by atomic mass is 10.1. The molecule has 0 aromatic heterocycles. The molecule has 0 bridgehead atoms. The second-order valence-corrected chi connectivity index (χ2v) is 9.50. The van der Waals surface area contributed by atoms with E-state index in [9.17, 15) is 9.59 Å². The van der Waals surface area contributed by atoms with Gasteiger partial charge in [-0.3, -0.25) is 4.79 Å². The number of hydrogen-bond donors (Lipinski definition) is 0. The van der Waals surface area contributed by atoms with E-state index in [4.69, 9.17) is 42.6 Å². The molecule has 0 atom stereocenters. The van der Waals surface area contributed by atoms with Crippen LogP contribution in [-0.4, -0.2) is 124 Å². The number of hydrogen-bond acceptors (Lipinski definition) is 11. The van der Waals surface area contributed by atoms with Crippen molar-refractivity contribution in [1.29, 1.82) is 0 Å². The first-order chi connectivity index (χ1) is 21.3. The standard InChI is InChI=1S/C32H54O11/c1-2-3-4-5-6-10-13-35-14-15-36-16-17-37-18-19-38-20-21-39-22-23-40-24-25-41-26-27-42-28-29-43-32(34)31(33)30-11-8-7-9-12-30/h7-9,11-12H,2-6,10,13-29H2,1H3. The van der Waals surface area contributed by atoms with Gasteiger partial charge in [-0.05, 0) is 6.42 Å². The third-order valence-corrected chi connectivity index (χ3v) is 5.93. The molecule has 0 heterocycles. The second kappa shape index (κ2) is 31.5. The van der Waals surface area contributed by atoms with Crippen molar-refractivity contribution in [1.82, 2.24) is 0 Å². The third kappa shape index (κ3) is 26.2. The lowest BCUT2D eigenvalue weighted by Gasteiger charge is -2.09. The van der Waals surface area contributed by atoms with Crippen LogP contribution in [0.5, 0.6) is 0 Å². The van der Waals surface area contributed by atoms with Crippen molar-refractivity contribution in [2.45, 2.75) is 45.4 Å². The summed E-state index contributed by atoms with van der Waals surface area (Å²) in [5.41, 5.74) is 0.301. The van der Waals surface area contributed by atoms with Crippen LogP contribution < -0.4 is 0 Å². The molecule has 0 aliphatic rings. The summed E-state index contributed by atoms with van der Waals surface area (Å²) in [6.45, 7) is 10.2. The molecule has 0 saturated carbocycles. The summed E-state index contributed by atoms with van der Waals surface area (Å²) in [6, 6.07) is 8.28. The number of Topliss-reactive ketones (excluding diaryl/α,β-unsaturated/α-hetero) is 1. The number of esters is 1. The SMILES string of the molecule is CCCCCCCCOCCOCCOCCOCCOCCOCCOCCOCCOC(=O)C(=O)c1ccccc1. The molecule has 0 radical (unpaired) electrons. The molecule has 0 aliphatic heterocycles. The zero-order valence-electron chi connectivity index (χ0n) is 26.1. The molecule has 0 saturated heterocycles. The Kier molecular flexibility index (Phi) is 28.6. The fourth-order valence-corrected chi connectivity index (χ4v) is 3.59. The van der Waals surface area contributed by atoms with Crippen LogP contribution in [0.1, 0.15) is 55.8 Å². The van der Waals surface area contributed by atoms with E-state index in [1.165, 1.54) is 32.1 Å². The molecule has 11 heteroatoms. The number of benzene rings is 1. The van der Waals surface area contributed by atoms with Gasteiger partial charge in [0.05, 0.1) is 99.1 Å². The van der Waals surface area contributed by atoms with E-state index in [0.29, 0.717) is 98.1 Å². The van der Waals surface area contributed by atoms with Crippen LogP contribution in [0.3, 0.4) is 0 Å². The van der Waals surface area contributed by atoms with Crippen LogP contribution in [-0.2, 0) is 47.4 Å². The van der Waals surface area contributed by atoms with Gasteiger partial charge in [0.2, 0.25) is 0 Å². The predicted molar refractivity (Wildman–Crippen MR) is 162 cm³/mol. The Labute approximate surface area is 257 Å². The summed E-state index contributed by atoms with van der Waals surface area (Å²) in [4.78, 5) is 23.6. The van der Waals surface area contributed by atoms with E-state index in [1.807, 2.05) is 0 Å². The largest absolute Gasteiger partial charge is 0.457 e. The molecule has 11 nitrogen and oxygen atoms in total. The van der Waals surface area contributed by atoms with E-state index < -0.39 is 11.8 Å². The smallest absolute Gasteiger partial charge is 0.379 e. The fourth-order valence-electron chi connectivity index (χ4n) is 3.59. The van der Waals surface area contributed by atoms with Crippen molar-refractivity contribution in [3.63, 3.8) is 0 Å². The average Bonchev–Trinajstić information content (AvgIpc) is 3.03. The van der Waals surface area contributed by atoms with Crippen LogP contribution in [0.4, 0.5) is 0 Å². The van der Waals surface area contributed by atoms with Gasteiger partial charge in [-0.1, -0.05) is 69.4 Å². The van der Waals surface area contributed by atoms with E-state index in [2.05, 4.69) is 6.92 Å². The van der Waals surface area contributed by atoms with Gasteiger partial charge < -0.3 is 42.6 Å². The monoisotopic (exact) mass is 614 g/mol. The molecule has 43 heavy (non-hydrogen) atoms. The minimum atomic E-state index is -0.891. The molecule has 0 amide bonds. The van der Waals surface area contributed by atoms with Crippen molar-refractivity contribution in [3.8, 4) is 0 Å². The Bertz CT molecular complexity index is 748. The summed E-state index contributed by atoms with van der Waals surface area (Å²) in [7, 11) is 0. The topological polar surface area (TPSA) is 117 Å². The molecule has 1 aromatic rings. The van der Waals surface area contributed by atoms with Crippen LogP contribution in [0, 0.1) is 0 Å². The molecule has 1 aromatic carbocycles. The fraction of sp³-hybridized carbons (Fsp3) is 0.750. The summed E-state index contributed by atoms with van der Waals surface area (Å²) < 4.78 is 48.6. The molecule has 0 aliphatic carbocycles. The maximum atomic E-state index is 11.9. The van der Waals surface area contributed by atoms with Crippen molar-refractivity contribution in [3.05, 3.63) is 35.9 Å². The van der Waals surface area contributed by atoms with Gasteiger partial charge in [-0.2, -0.15) is 0 Å². The number of rotatable bonds is 33. The summed E-state index contributed by atoms with van der Waals surface area (Å²) in [5, 5.41) is 0. The van der Waals surface area contributed by atoms with Gasteiger partial charge in [0.15, 0.2) is 0 Å². The van der Waals surface area contributed by atoms with E-state index >= 15 is 0 Å². The summed E-state index contributed by atoms with van der Waals surface area (Å²) >= 11 is 0. The van der Waals surface area contributed by atoms with Gasteiger partial charge in [0.1, 0.15) is 6.61 Å². The number of ether oxygens (including phenoxy) is 9. The molecule has 0 fully saturated rings. The van der Waals surface area contributed by atoms with Crippen molar-refractivity contribution < 1.29 is 52.2 Å². The number of ketones is 1. The molecular weight excluding hydrogens is 560 g/mol. The number of carbonyl (C=O) groups excluding carboxylic acids is 2. The van der Waals surface area contributed by atoms with Crippen LogP contribution in [0.15, 0.2) is 30.3 Å². The number of unbranched alkanes of at least 4 members (excludes halogenated alkanes) is 5. The molecule has 0 spiro atoms. The van der Waals surface area contributed by atoms with Gasteiger partial charge in [0.25, 0.3) is 5.78 Å². The highest BCUT2D eigenvalue weighted by Gasteiger charge is 2.17. The van der Waals surface area contributed by atoms with Crippen LogP contribution in [0.25, 0.3) is 0 Å². The highest BCUT2D eigenvalue weighted by Crippen LogP contribution is 2.05. The molecular formula is C32H54O11. The highest BCUT2D eigenvalue weighted by atomic mass is 16.6. The first-order valence-electron chi connectivity index (χ1n) is 15.6. The van der Waals surface area contributed by atoms with Gasteiger partial charge >= 0.3 is 5.97 Å². The Morgan fingerprint density at radius 1 is 0.442 bits per heavy atom. The van der Waals surface area contributed by atoms with Crippen LogP contribution >= 0.6 is 0 Å². The lowest BCUT2D eigenvalue weighted by Crippen LogP contribution is -2.20. The zero-order chi connectivity index (χ0) is 30.9. The Morgan fingerprint density at radius 2 is 0.791 bits per heavy atom.